The number of alkyl halides is 2. The molecule has 144 valence electrons. The van der Waals surface area contributed by atoms with E-state index in [1.54, 1.807) is 0 Å². The van der Waals surface area contributed by atoms with Gasteiger partial charge in [0.1, 0.15) is 11.6 Å². The Morgan fingerprint density at radius 1 is 1.29 bits per heavy atom. The molecule has 0 aliphatic carbocycles. The first kappa shape index (κ1) is 19.3. The summed E-state index contributed by atoms with van der Waals surface area (Å²) in [5.41, 5.74) is 0.518. The number of nitriles is 1. The van der Waals surface area contributed by atoms with Gasteiger partial charge in [0.2, 0.25) is 11.6 Å². The van der Waals surface area contributed by atoms with Crippen LogP contribution in [0.3, 0.4) is 0 Å². The third-order valence-corrected chi connectivity index (χ3v) is 4.39. The molecule has 1 aromatic carbocycles. The Balaban J connectivity index is 2.00. The van der Waals surface area contributed by atoms with Gasteiger partial charge in [-0.15, -0.1) is 11.3 Å². The van der Waals surface area contributed by atoms with Gasteiger partial charge in [-0.2, -0.15) is 19.0 Å². The molecule has 0 amide bonds. The van der Waals surface area contributed by atoms with Crippen molar-refractivity contribution in [1.29, 1.82) is 5.26 Å². The highest BCUT2D eigenvalue weighted by atomic mass is 32.1. The number of ether oxygens (including phenoxy) is 3. The van der Waals surface area contributed by atoms with Gasteiger partial charge in [0.05, 0.1) is 19.1 Å². The minimum Gasteiger partial charge on any atom is -0.493 e. The highest BCUT2D eigenvalue weighted by Gasteiger charge is 2.19. The summed E-state index contributed by atoms with van der Waals surface area (Å²) in [6.07, 6.45) is 1.45. The van der Waals surface area contributed by atoms with Crippen LogP contribution in [0.2, 0.25) is 0 Å². The number of hydrogen-bond acceptors (Lipinski definition) is 8. The molecular formula is C18H13F2N3O4S. The first-order chi connectivity index (χ1) is 13.5. The third kappa shape index (κ3) is 4.10. The van der Waals surface area contributed by atoms with E-state index in [2.05, 4.69) is 14.9 Å². The van der Waals surface area contributed by atoms with E-state index in [-0.39, 0.29) is 28.7 Å². The lowest BCUT2D eigenvalue weighted by Gasteiger charge is -2.14. The van der Waals surface area contributed by atoms with Crippen molar-refractivity contribution in [3.8, 4) is 34.0 Å². The van der Waals surface area contributed by atoms with Gasteiger partial charge < -0.3 is 18.7 Å². The lowest BCUT2D eigenvalue weighted by molar-refractivity contribution is -0.0526. The number of methoxy groups -OCH3 is 2. The van der Waals surface area contributed by atoms with Crippen molar-refractivity contribution in [2.24, 2.45) is 0 Å². The molecule has 0 unspecified atom stereocenters. The molecule has 0 saturated heterocycles. The van der Waals surface area contributed by atoms with Gasteiger partial charge in [-0.05, 0) is 35.2 Å². The van der Waals surface area contributed by atoms with E-state index in [1.807, 2.05) is 23.6 Å². The number of aromatic nitrogens is 2. The molecule has 0 aliphatic rings. The molecule has 0 spiro atoms. The molecule has 0 aliphatic heterocycles. The van der Waals surface area contributed by atoms with E-state index in [0.29, 0.717) is 11.4 Å². The Kier molecular flexibility index (Phi) is 5.86. The molecule has 2 heterocycles. The number of halogens is 2. The maximum Gasteiger partial charge on any atom is 0.387 e. The van der Waals surface area contributed by atoms with Crippen LogP contribution in [0.15, 0.2) is 34.2 Å². The average molecular weight is 405 g/mol. The summed E-state index contributed by atoms with van der Waals surface area (Å²) in [5, 5.41) is 15.2. The summed E-state index contributed by atoms with van der Waals surface area (Å²) < 4.78 is 45.1. The van der Waals surface area contributed by atoms with Crippen LogP contribution in [0.5, 0.6) is 17.2 Å². The zero-order valence-corrected chi connectivity index (χ0v) is 15.5. The molecule has 28 heavy (non-hydrogen) atoms. The van der Waals surface area contributed by atoms with Crippen LogP contribution < -0.4 is 14.2 Å². The summed E-state index contributed by atoms with van der Waals surface area (Å²) in [7, 11) is 2.61. The van der Waals surface area contributed by atoms with Crippen LogP contribution in [-0.2, 0) is 0 Å². The van der Waals surface area contributed by atoms with Crippen LogP contribution in [0.25, 0.3) is 22.4 Å². The maximum absolute atomic E-state index is 12.6. The van der Waals surface area contributed by atoms with E-state index in [4.69, 9.17) is 14.0 Å². The summed E-state index contributed by atoms with van der Waals surface area (Å²) in [6, 6.07) is 8.50. The third-order valence-electron chi connectivity index (χ3n) is 3.52. The van der Waals surface area contributed by atoms with Crippen LogP contribution in [0, 0.1) is 11.3 Å². The zero-order chi connectivity index (χ0) is 20.1. The van der Waals surface area contributed by atoms with Crippen molar-refractivity contribution in [1.82, 2.24) is 10.1 Å². The van der Waals surface area contributed by atoms with Crippen molar-refractivity contribution >= 4 is 23.0 Å². The first-order valence-electron chi connectivity index (χ1n) is 7.76. The molecule has 0 saturated carbocycles. The van der Waals surface area contributed by atoms with E-state index in [0.717, 1.165) is 4.88 Å². The molecule has 0 N–H and O–H groups in total. The smallest absolute Gasteiger partial charge is 0.387 e. The highest BCUT2D eigenvalue weighted by Crippen LogP contribution is 2.40. The number of nitrogens with zero attached hydrogens (tertiary/aromatic N) is 3. The SMILES string of the molecule is COc1cc(/C=C(\C#N)c2nc(-c3cccs3)no2)cc(OC)c1OC(F)F. The quantitative estimate of drug-likeness (QED) is 0.535. The van der Waals surface area contributed by atoms with E-state index < -0.39 is 6.61 Å². The molecular weight excluding hydrogens is 392 g/mol. The van der Waals surface area contributed by atoms with Crippen LogP contribution in [0.1, 0.15) is 11.5 Å². The maximum atomic E-state index is 12.6. The first-order valence-corrected chi connectivity index (χ1v) is 8.64. The minimum absolute atomic E-state index is 0.0213. The van der Waals surface area contributed by atoms with Crippen molar-refractivity contribution in [3.63, 3.8) is 0 Å². The Bertz CT molecular complexity index is 1000. The molecule has 0 bridgehead atoms. The van der Waals surface area contributed by atoms with Crippen molar-refractivity contribution in [2.45, 2.75) is 6.61 Å². The standard InChI is InChI=1S/C18H13F2N3O4S/c1-24-12-7-10(8-13(25-2)15(12)26-18(19)20)6-11(9-21)17-22-16(23-27-17)14-4-3-5-28-14/h3-8,18H,1-2H3/b11-6+. The predicted molar refractivity (Wildman–Crippen MR) is 97.3 cm³/mol. The average Bonchev–Trinajstić information content (AvgIpc) is 3.37. The summed E-state index contributed by atoms with van der Waals surface area (Å²) >= 11 is 1.43. The fourth-order valence-corrected chi connectivity index (χ4v) is 2.99. The van der Waals surface area contributed by atoms with Gasteiger partial charge in [0.15, 0.2) is 11.5 Å². The largest absolute Gasteiger partial charge is 0.493 e. The Morgan fingerprint density at radius 3 is 2.54 bits per heavy atom. The van der Waals surface area contributed by atoms with E-state index in [9.17, 15) is 14.0 Å². The predicted octanol–water partition coefficient (Wildman–Crippen LogP) is 4.48. The molecule has 0 fully saturated rings. The second-order valence-corrected chi connectivity index (χ2v) is 6.15. The monoisotopic (exact) mass is 405 g/mol. The fourth-order valence-electron chi connectivity index (χ4n) is 2.34. The van der Waals surface area contributed by atoms with E-state index >= 15 is 0 Å². The second kappa shape index (κ2) is 8.49. The minimum atomic E-state index is -3.05. The normalized spacial score (nSPS) is 11.4. The van der Waals surface area contributed by atoms with Crippen LogP contribution in [-0.4, -0.2) is 31.0 Å². The van der Waals surface area contributed by atoms with Gasteiger partial charge in [0, 0.05) is 0 Å². The Labute approximate surface area is 162 Å². The lowest BCUT2D eigenvalue weighted by Crippen LogP contribution is -2.05. The van der Waals surface area contributed by atoms with Gasteiger partial charge in [0.25, 0.3) is 5.89 Å². The molecule has 0 radical (unpaired) electrons. The van der Waals surface area contributed by atoms with Gasteiger partial charge in [-0.25, -0.2) is 0 Å². The number of thiophene rings is 1. The Morgan fingerprint density at radius 2 is 2.00 bits per heavy atom. The van der Waals surface area contributed by atoms with Crippen molar-refractivity contribution in [2.75, 3.05) is 14.2 Å². The van der Waals surface area contributed by atoms with Crippen molar-refractivity contribution in [3.05, 3.63) is 41.1 Å². The van der Waals surface area contributed by atoms with Gasteiger partial charge >= 0.3 is 6.61 Å². The zero-order valence-electron chi connectivity index (χ0n) is 14.7. The molecule has 10 heteroatoms. The number of hydrogen-bond donors (Lipinski definition) is 0. The molecule has 7 nitrogen and oxygen atoms in total. The lowest BCUT2D eigenvalue weighted by atomic mass is 10.1. The highest BCUT2D eigenvalue weighted by molar-refractivity contribution is 7.13. The van der Waals surface area contributed by atoms with Crippen LogP contribution >= 0.6 is 11.3 Å². The van der Waals surface area contributed by atoms with Crippen molar-refractivity contribution < 1.29 is 27.5 Å². The molecule has 3 rings (SSSR count). The van der Waals surface area contributed by atoms with Gasteiger partial charge in [-0.3, -0.25) is 0 Å². The summed E-state index contributed by atoms with van der Waals surface area (Å²) in [5.74, 6) is 0.188. The topological polar surface area (TPSA) is 90.4 Å². The van der Waals surface area contributed by atoms with Gasteiger partial charge in [-0.1, -0.05) is 11.2 Å². The summed E-state index contributed by atoms with van der Waals surface area (Å²) in [4.78, 5) is 5.01. The number of rotatable bonds is 7. The fraction of sp³-hybridized carbons (Fsp3) is 0.167. The molecule has 2 aromatic heterocycles. The molecule has 0 atom stereocenters. The number of benzene rings is 1. The summed E-state index contributed by atoms with van der Waals surface area (Å²) in [6.45, 7) is -3.05. The number of allylic oxidation sites excluding steroid dienone is 1. The second-order valence-electron chi connectivity index (χ2n) is 5.20. The van der Waals surface area contributed by atoms with E-state index in [1.165, 1.54) is 43.8 Å². The molecule has 3 aromatic rings. The Hall–Kier alpha value is -3.45. The van der Waals surface area contributed by atoms with Crippen LogP contribution in [0.4, 0.5) is 8.78 Å².